The van der Waals surface area contributed by atoms with Crippen LogP contribution in [0.2, 0.25) is 0 Å². The van der Waals surface area contributed by atoms with Crippen LogP contribution in [-0.4, -0.2) is 42.3 Å². The van der Waals surface area contributed by atoms with E-state index >= 15 is 0 Å². The summed E-state index contributed by atoms with van der Waals surface area (Å²) in [6.45, 7) is 2.20. The van der Waals surface area contributed by atoms with E-state index in [2.05, 4.69) is 10.9 Å². The zero-order valence-corrected chi connectivity index (χ0v) is 18.9. The molecule has 168 valence electrons. The fourth-order valence-corrected chi connectivity index (χ4v) is 5.32. The number of fused-ring (bicyclic) bond motifs is 1. The summed E-state index contributed by atoms with van der Waals surface area (Å²) in [6.07, 6.45) is 6.58. The molecule has 0 atom stereocenters. The van der Waals surface area contributed by atoms with E-state index in [0.29, 0.717) is 0 Å². The van der Waals surface area contributed by atoms with Crippen LogP contribution in [0.3, 0.4) is 0 Å². The fourth-order valence-electron chi connectivity index (χ4n) is 4.48. The molecule has 32 heavy (non-hydrogen) atoms. The van der Waals surface area contributed by atoms with Crippen molar-refractivity contribution in [1.29, 1.82) is 0 Å². The molecule has 0 amide bonds. The summed E-state index contributed by atoms with van der Waals surface area (Å²) in [4.78, 5) is 4.70. The number of rotatable bonds is 5. The van der Waals surface area contributed by atoms with Crippen molar-refractivity contribution in [1.82, 2.24) is 19.5 Å². The molecule has 0 spiro atoms. The minimum Gasteiger partial charge on any atom is -0.454 e. The average molecular weight is 455 g/mol. The number of hydrogen-bond acceptors (Lipinski definition) is 6. The second-order valence-corrected chi connectivity index (χ2v) is 10.3. The molecule has 1 fully saturated rings. The Hall–Kier alpha value is -2.91. The van der Waals surface area contributed by atoms with Gasteiger partial charge in [-0.2, -0.15) is 5.10 Å². The molecule has 2 aromatic heterocycles. The number of hydrogen-bond donors (Lipinski definition) is 1. The maximum atomic E-state index is 11.6. The summed E-state index contributed by atoms with van der Waals surface area (Å²) in [5.41, 5.74) is 4.55. The number of aryl methyl sites for hydroxylation is 1. The van der Waals surface area contributed by atoms with Crippen molar-refractivity contribution in [3.63, 3.8) is 0 Å². The van der Waals surface area contributed by atoms with Crippen LogP contribution >= 0.6 is 0 Å². The summed E-state index contributed by atoms with van der Waals surface area (Å²) < 4.78 is 38.9. The van der Waals surface area contributed by atoms with Gasteiger partial charge in [0.2, 0.25) is 16.8 Å². The lowest BCUT2D eigenvalue weighted by Gasteiger charge is -2.28. The lowest BCUT2D eigenvalue weighted by atomic mass is 9.92. The third-order valence-electron chi connectivity index (χ3n) is 6.00. The normalized spacial score (nSPS) is 20.4. The molecule has 0 unspecified atom stereocenters. The highest BCUT2D eigenvalue weighted by molar-refractivity contribution is 7.88. The minimum atomic E-state index is -3.19. The van der Waals surface area contributed by atoms with Gasteiger partial charge in [0.05, 0.1) is 18.0 Å². The highest BCUT2D eigenvalue weighted by Crippen LogP contribution is 2.40. The smallest absolute Gasteiger partial charge is 0.231 e. The number of nitrogens with zero attached hydrogens (tertiary/aromatic N) is 3. The van der Waals surface area contributed by atoms with Crippen molar-refractivity contribution in [2.24, 2.45) is 0 Å². The fraction of sp³-hybridized carbons (Fsp3) is 0.391. The van der Waals surface area contributed by atoms with E-state index in [4.69, 9.17) is 19.6 Å². The number of benzene rings is 1. The van der Waals surface area contributed by atoms with Crippen LogP contribution in [-0.2, 0) is 10.0 Å². The summed E-state index contributed by atoms with van der Waals surface area (Å²) in [5.74, 6) is 1.47. The number of pyridine rings is 1. The molecule has 0 saturated heterocycles. The average Bonchev–Trinajstić information content (AvgIpc) is 3.40. The van der Waals surface area contributed by atoms with Gasteiger partial charge in [-0.3, -0.25) is 9.67 Å². The van der Waals surface area contributed by atoms with Gasteiger partial charge in [-0.25, -0.2) is 13.1 Å². The maximum Gasteiger partial charge on any atom is 0.231 e. The molecule has 3 heterocycles. The van der Waals surface area contributed by atoms with Gasteiger partial charge in [-0.1, -0.05) is 12.1 Å². The Balaban J connectivity index is 1.48. The molecular formula is C23H26N4O4S. The standard InChI is InChI=1S/C23H26N4O4S/c1-15-4-3-5-20(24-15)23-19(16-6-11-21-22(12-16)31-14-30-21)13-27(25-23)18-9-7-17(8-10-18)26-32(2,28)29/h3-6,11-13,17-18,26H,7-10,14H2,1-2H3. The van der Waals surface area contributed by atoms with Crippen LogP contribution < -0.4 is 14.2 Å². The molecule has 1 aliphatic carbocycles. The zero-order chi connectivity index (χ0) is 22.3. The molecule has 2 aliphatic rings. The lowest BCUT2D eigenvalue weighted by Crippen LogP contribution is -2.37. The van der Waals surface area contributed by atoms with Crippen LogP contribution in [0.25, 0.3) is 22.5 Å². The Morgan fingerprint density at radius 2 is 1.84 bits per heavy atom. The first kappa shape index (κ1) is 21.0. The molecule has 3 aromatic rings. The third-order valence-corrected chi connectivity index (χ3v) is 6.76. The minimum absolute atomic E-state index is 0.0111. The second kappa shape index (κ2) is 8.22. The largest absolute Gasteiger partial charge is 0.454 e. The maximum absolute atomic E-state index is 11.6. The van der Waals surface area contributed by atoms with E-state index in [1.807, 2.05) is 48.0 Å². The van der Waals surface area contributed by atoms with Gasteiger partial charge in [0.15, 0.2) is 11.5 Å². The van der Waals surface area contributed by atoms with Crippen LogP contribution in [0.1, 0.15) is 37.4 Å². The summed E-state index contributed by atoms with van der Waals surface area (Å²) >= 11 is 0. The molecule has 1 saturated carbocycles. The Morgan fingerprint density at radius 1 is 1.06 bits per heavy atom. The summed E-state index contributed by atoms with van der Waals surface area (Å²) in [7, 11) is -3.19. The van der Waals surface area contributed by atoms with Gasteiger partial charge >= 0.3 is 0 Å². The quantitative estimate of drug-likeness (QED) is 0.632. The van der Waals surface area contributed by atoms with Crippen LogP contribution in [0, 0.1) is 6.92 Å². The van der Waals surface area contributed by atoms with Gasteiger partial charge in [0.25, 0.3) is 0 Å². The highest BCUT2D eigenvalue weighted by Gasteiger charge is 2.27. The van der Waals surface area contributed by atoms with Gasteiger partial charge in [-0.15, -0.1) is 0 Å². The number of ether oxygens (including phenoxy) is 2. The SMILES string of the molecule is Cc1cccc(-c2nn(C3CCC(NS(C)(=O)=O)CC3)cc2-c2ccc3c(c2)OCO3)n1. The predicted molar refractivity (Wildman–Crippen MR) is 121 cm³/mol. The van der Waals surface area contributed by atoms with E-state index in [-0.39, 0.29) is 18.9 Å². The first-order chi connectivity index (χ1) is 15.4. The summed E-state index contributed by atoms with van der Waals surface area (Å²) in [5, 5.41) is 4.96. The Bertz CT molecular complexity index is 1250. The molecule has 5 rings (SSSR count). The molecule has 1 aliphatic heterocycles. The molecule has 0 radical (unpaired) electrons. The van der Waals surface area contributed by atoms with E-state index < -0.39 is 10.0 Å². The monoisotopic (exact) mass is 454 g/mol. The molecular weight excluding hydrogens is 428 g/mol. The molecule has 8 nitrogen and oxygen atoms in total. The van der Waals surface area contributed by atoms with Crippen molar-refractivity contribution in [3.05, 3.63) is 48.3 Å². The molecule has 0 bridgehead atoms. The number of nitrogens with one attached hydrogen (secondary N) is 1. The van der Waals surface area contributed by atoms with Gasteiger partial charge in [0, 0.05) is 23.5 Å². The molecule has 1 N–H and O–H groups in total. The van der Waals surface area contributed by atoms with E-state index in [9.17, 15) is 8.42 Å². The van der Waals surface area contributed by atoms with Crippen molar-refractivity contribution >= 4 is 10.0 Å². The molecule has 9 heteroatoms. The Labute approximate surface area is 187 Å². The zero-order valence-electron chi connectivity index (χ0n) is 18.1. The van der Waals surface area contributed by atoms with Gasteiger partial charge < -0.3 is 9.47 Å². The van der Waals surface area contributed by atoms with E-state index in [1.165, 1.54) is 6.26 Å². The van der Waals surface area contributed by atoms with E-state index in [0.717, 1.165) is 65.4 Å². The van der Waals surface area contributed by atoms with Crippen molar-refractivity contribution in [3.8, 4) is 34.0 Å². The van der Waals surface area contributed by atoms with Gasteiger partial charge in [-0.05, 0) is 62.4 Å². The second-order valence-electron chi connectivity index (χ2n) is 8.50. The van der Waals surface area contributed by atoms with Crippen molar-refractivity contribution < 1.29 is 17.9 Å². The highest BCUT2D eigenvalue weighted by atomic mass is 32.2. The topological polar surface area (TPSA) is 95.3 Å². The van der Waals surface area contributed by atoms with Gasteiger partial charge in [0.1, 0.15) is 5.69 Å². The van der Waals surface area contributed by atoms with Crippen molar-refractivity contribution in [2.75, 3.05) is 13.0 Å². The van der Waals surface area contributed by atoms with Crippen LogP contribution in [0.5, 0.6) is 11.5 Å². The lowest BCUT2D eigenvalue weighted by molar-refractivity contribution is 0.174. The first-order valence-electron chi connectivity index (χ1n) is 10.8. The van der Waals surface area contributed by atoms with E-state index in [1.54, 1.807) is 0 Å². The third kappa shape index (κ3) is 4.35. The molecule has 1 aromatic carbocycles. The number of aromatic nitrogens is 3. The summed E-state index contributed by atoms with van der Waals surface area (Å²) in [6, 6.07) is 12.0. The number of sulfonamides is 1. The Kier molecular flexibility index (Phi) is 5.38. The van der Waals surface area contributed by atoms with Crippen LogP contribution in [0.4, 0.5) is 0 Å². The predicted octanol–water partition coefficient (Wildman–Crippen LogP) is 3.68. The van der Waals surface area contributed by atoms with Crippen LogP contribution in [0.15, 0.2) is 42.6 Å². The van der Waals surface area contributed by atoms with Crippen molar-refractivity contribution in [2.45, 2.75) is 44.7 Å². The Morgan fingerprint density at radius 3 is 2.59 bits per heavy atom. The first-order valence-corrected chi connectivity index (χ1v) is 12.7.